The van der Waals surface area contributed by atoms with Gasteiger partial charge in [0.1, 0.15) is 15.3 Å². The molecule has 17 heavy (non-hydrogen) atoms. The Hall–Kier alpha value is -1.41. The number of rotatable bonds is 1. The summed E-state index contributed by atoms with van der Waals surface area (Å²) in [4.78, 5) is 4.90. The summed E-state index contributed by atoms with van der Waals surface area (Å²) in [6.07, 6.45) is 3.58. The first-order valence-corrected chi connectivity index (χ1v) is 6.88. The molecule has 0 atom stereocenters. The van der Waals surface area contributed by atoms with Gasteiger partial charge in [-0.25, -0.2) is 0 Å². The van der Waals surface area contributed by atoms with Gasteiger partial charge in [0.05, 0.1) is 4.70 Å². The van der Waals surface area contributed by atoms with Crippen LogP contribution in [0.4, 0.5) is 0 Å². The summed E-state index contributed by atoms with van der Waals surface area (Å²) in [7, 11) is 0. The number of pyridine rings is 1. The molecular weight excluding hydrogens is 272 g/mol. The molecule has 0 bridgehead atoms. The number of aromatic nitrogens is 1. The molecule has 3 aromatic heterocycles. The van der Waals surface area contributed by atoms with Crippen molar-refractivity contribution in [3.8, 4) is 17.2 Å². The van der Waals surface area contributed by atoms with Crippen molar-refractivity contribution in [2.45, 2.75) is 0 Å². The second kappa shape index (κ2) is 4.11. The van der Waals surface area contributed by atoms with E-state index in [4.69, 9.17) is 16.9 Å². The number of fused-ring (bicyclic) bond motifs is 1. The molecule has 0 spiro atoms. The van der Waals surface area contributed by atoms with Crippen LogP contribution in [0, 0.1) is 11.3 Å². The predicted molar refractivity (Wildman–Crippen MR) is 72.7 cm³/mol. The standard InChI is InChI=1S/C12H5ClN2S2/c13-12-8(1-2-16-12)10-5-15-6-11-9(10)3-7(4-14)17-11/h1-3,5-6H. The normalized spacial score (nSPS) is 10.6. The van der Waals surface area contributed by atoms with Crippen LogP contribution < -0.4 is 0 Å². The van der Waals surface area contributed by atoms with Crippen molar-refractivity contribution >= 4 is 44.4 Å². The number of halogens is 1. The minimum absolute atomic E-state index is 0.695. The second-order valence-corrected chi connectivity index (χ2v) is 6.03. The van der Waals surface area contributed by atoms with Crippen LogP contribution in [0.5, 0.6) is 0 Å². The molecular formula is C12H5ClN2S2. The summed E-state index contributed by atoms with van der Waals surface area (Å²) in [5.41, 5.74) is 1.98. The molecule has 0 saturated carbocycles. The van der Waals surface area contributed by atoms with Crippen molar-refractivity contribution in [1.29, 1.82) is 5.26 Å². The molecule has 0 aromatic carbocycles. The van der Waals surface area contributed by atoms with Crippen LogP contribution in [0.15, 0.2) is 29.9 Å². The first-order valence-electron chi connectivity index (χ1n) is 4.80. The highest BCUT2D eigenvalue weighted by molar-refractivity contribution is 7.19. The van der Waals surface area contributed by atoms with Crippen molar-refractivity contribution < 1.29 is 0 Å². The lowest BCUT2D eigenvalue weighted by Crippen LogP contribution is -1.78. The molecule has 3 heterocycles. The Morgan fingerprint density at radius 1 is 1.29 bits per heavy atom. The van der Waals surface area contributed by atoms with Crippen molar-refractivity contribution in [3.63, 3.8) is 0 Å². The van der Waals surface area contributed by atoms with Gasteiger partial charge in [-0.1, -0.05) is 11.6 Å². The van der Waals surface area contributed by atoms with E-state index < -0.39 is 0 Å². The first-order chi connectivity index (χ1) is 8.29. The predicted octanol–water partition coefficient (Wildman–Crippen LogP) is 4.55. The maximum atomic E-state index is 8.93. The lowest BCUT2D eigenvalue weighted by molar-refractivity contribution is 1.37. The van der Waals surface area contributed by atoms with Crippen molar-refractivity contribution in [2.75, 3.05) is 0 Å². The highest BCUT2D eigenvalue weighted by atomic mass is 35.5. The summed E-state index contributed by atoms with van der Waals surface area (Å²) in [5, 5.41) is 11.9. The van der Waals surface area contributed by atoms with E-state index in [0.29, 0.717) is 4.88 Å². The van der Waals surface area contributed by atoms with Gasteiger partial charge < -0.3 is 0 Å². The quantitative estimate of drug-likeness (QED) is 0.654. The Morgan fingerprint density at radius 3 is 2.88 bits per heavy atom. The van der Waals surface area contributed by atoms with Crippen molar-refractivity contribution in [1.82, 2.24) is 4.98 Å². The first kappa shape index (κ1) is 10.7. The topological polar surface area (TPSA) is 36.7 Å². The Kier molecular flexibility index (Phi) is 2.60. The summed E-state index contributed by atoms with van der Waals surface area (Å²) in [6.45, 7) is 0. The lowest BCUT2D eigenvalue weighted by Gasteiger charge is -2.00. The zero-order valence-electron chi connectivity index (χ0n) is 8.48. The van der Waals surface area contributed by atoms with Gasteiger partial charge in [-0.2, -0.15) is 5.26 Å². The van der Waals surface area contributed by atoms with E-state index in [9.17, 15) is 0 Å². The van der Waals surface area contributed by atoms with E-state index in [-0.39, 0.29) is 0 Å². The van der Waals surface area contributed by atoms with Crippen molar-refractivity contribution in [2.24, 2.45) is 0 Å². The Labute approximate surface area is 111 Å². The number of hydrogen-bond acceptors (Lipinski definition) is 4. The fraction of sp³-hybridized carbons (Fsp3) is 0. The van der Waals surface area contributed by atoms with Gasteiger partial charge in [0.15, 0.2) is 0 Å². The van der Waals surface area contributed by atoms with E-state index in [1.807, 2.05) is 17.5 Å². The number of hydrogen-bond donors (Lipinski definition) is 0. The molecule has 5 heteroatoms. The molecule has 0 N–H and O–H groups in total. The average Bonchev–Trinajstić information content (AvgIpc) is 2.93. The number of thiophene rings is 2. The summed E-state index contributed by atoms with van der Waals surface area (Å²) >= 11 is 9.09. The highest BCUT2D eigenvalue weighted by Crippen LogP contribution is 2.38. The monoisotopic (exact) mass is 276 g/mol. The third-order valence-electron chi connectivity index (χ3n) is 2.46. The van der Waals surface area contributed by atoms with Gasteiger partial charge in [0.2, 0.25) is 0 Å². The number of nitriles is 1. The molecule has 82 valence electrons. The Balaban J connectivity index is 2.34. The van der Waals surface area contributed by atoms with E-state index in [1.165, 1.54) is 22.7 Å². The van der Waals surface area contributed by atoms with E-state index in [2.05, 4.69) is 11.1 Å². The van der Waals surface area contributed by atoms with Gasteiger partial charge >= 0.3 is 0 Å². The van der Waals surface area contributed by atoms with Crippen LogP contribution in [0.2, 0.25) is 4.34 Å². The van der Waals surface area contributed by atoms with Crippen LogP contribution in [0.1, 0.15) is 4.88 Å². The van der Waals surface area contributed by atoms with Crippen LogP contribution in [-0.4, -0.2) is 4.98 Å². The van der Waals surface area contributed by atoms with E-state index in [1.54, 1.807) is 12.4 Å². The van der Waals surface area contributed by atoms with Crippen LogP contribution in [-0.2, 0) is 0 Å². The maximum absolute atomic E-state index is 8.93. The van der Waals surface area contributed by atoms with Crippen LogP contribution in [0.3, 0.4) is 0 Å². The molecule has 0 fully saturated rings. The lowest BCUT2D eigenvalue weighted by atomic mass is 10.1. The Bertz CT molecular complexity index is 736. The average molecular weight is 277 g/mol. The molecule has 2 nitrogen and oxygen atoms in total. The molecule has 3 aromatic rings. The zero-order valence-corrected chi connectivity index (χ0v) is 10.9. The fourth-order valence-electron chi connectivity index (χ4n) is 1.72. The minimum atomic E-state index is 0.695. The summed E-state index contributed by atoms with van der Waals surface area (Å²) in [5.74, 6) is 0. The minimum Gasteiger partial charge on any atom is -0.263 e. The van der Waals surface area contributed by atoms with E-state index in [0.717, 1.165) is 25.5 Å². The fourth-order valence-corrected chi connectivity index (χ4v) is 3.52. The van der Waals surface area contributed by atoms with E-state index >= 15 is 0 Å². The van der Waals surface area contributed by atoms with Gasteiger partial charge in [-0.3, -0.25) is 4.98 Å². The summed E-state index contributed by atoms with van der Waals surface area (Å²) in [6, 6.07) is 6.04. The highest BCUT2D eigenvalue weighted by Gasteiger charge is 2.11. The molecule has 0 aliphatic carbocycles. The molecule has 0 aliphatic rings. The Morgan fingerprint density at radius 2 is 2.18 bits per heavy atom. The SMILES string of the molecule is N#Cc1cc2c(-c3ccsc3Cl)cncc2s1. The van der Waals surface area contributed by atoms with Crippen LogP contribution in [0.25, 0.3) is 21.2 Å². The molecule has 0 unspecified atom stereocenters. The van der Waals surface area contributed by atoms with Gasteiger partial charge in [0, 0.05) is 28.9 Å². The summed E-state index contributed by atoms with van der Waals surface area (Å²) < 4.78 is 1.77. The molecule has 0 amide bonds. The molecule has 3 rings (SSSR count). The smallest absolute Gasteiger partial charge is 0.110 e. The molecule has 0 saturated heterocycles. The van der Waals surface area contributed by atoms with Gasteiger partial charge in [0.25, 0.3) is 0 Å². The second-order valence-electron chi connectivity index (χ2n) is 3.43. The number of nitrogens with zero attached hydrogens (tertiary/aromatic N) is 2. The zero-order chi connectivity index (χ0) is 11.8. The molecule has 0 radical (unpaired) electrons. The maximum Gasteiger partial charge on any atom is 0.110 e. The molecule has 0 aliphatic heterocycles. The third-order valence-corrected chi connectivity index (χ3v) is 4.61. The van der Waals surface area contributed by atoms with Crippen molar-refractivity contribution in [3.05, 3.63) is 39.1 Å². The largest absolute Gasteiger partial charge is 0.263 e. The van der Waals surface area contributed by atoms with Gasteiger partial charge in [-0.05, 0) is 17.5 Å². The van der Waals surface area contributed by atoms with Crippen LogP contribution >= 0.6 is 34.3 Å². The third kappa shape index (κ3) is 1.73. The van der Waals surface area contributed by atoms with Gasteiger partial charge in [-0.15, -0.1) is 22.7 Å².